The van der Waals surface area contributed by atoms with Crippen LogP contribution in [0.4, 0.5) is 5.69 Å². The Balaban J connectivity index is 1.82. The van der Waals surface area contributed by atoms with Crippen molar-refractivity contribution in [2.45, 2.75) is 26.9 Å². The van der Waals surface area contributed by atoms with Gasteiger partial charge in [0.2, 0.25) is 5.91 Å². The summed E-state index contributed by atoms with van der Waals surface area (Å²) in [5, 5.41) is 2.84. The second-order valence-corrected chi connectivity index (χ2v) is 6.87. The van der Waals surface area contributed by atoms with E-state index in [0.29, 0.717) is 0 Å². The van der Waals surface area contributed by atoms with Gasteiger partial charge in [-0.1, -0.05) is 37.3 Å². The van der Waals surface area contributed by atoms with E-state index < -0.39 is 5.92 Å². The van der Waals surface area contributed by atoms with Gasteiger partial charge in [-0.05, 0) is 58.8 Å². The van der Waals surface area contributed by atoms with Crippen molar-refractivity contribution in [3.8, 4) is 0 Å². The third-order valence-corrected chi connectivity index (χ3v) is 4.80. The lowest BCUT2D eigenvalue weighted by Crippen LogP contribution is -2.23. The van der Waals surface area contributed by atoms with Gasteiger partial charge in [-0.15, -0.1) is 0 Å². The van der Waals surface area contributed by atoms with Crippen LogP contribution in [0, 0.1) is 16.4 Å². The molecule has 0 heterocycles. The van der Waals surface area contributed by atoms with Gasteiger partial charge in [0.05, 0.1) is 6.42 Å². The predicted octanol–water partition coefficient (Wildman–Crippen LogP) is 4.31. The Hall–Kier alpha value is -1.89. The molecule has 0 aromatic heterocycles. The summed E-state index contributed by atoms with van der Waals surface area (Å²) in [6.07, 6.45) is 0.0576. The van der Waals surface area contributed by atoms with Crippen LogP contribution < -0.4 is 5.32 Å². The summed E-state index contributed by atoms with van der Waals surface area (Å²) >= 11 is 2.24. The fraction of sp³-hybridized carbons (Fsp3) is 0.263. The molecule has 5 heteroatoms. The third-order valence-electron chi connectivity index (χ3n) is 3.59. The molecule has 0 fully saturated rings. The zero-order valence-corrected chi connectivity index (χ0v) is 15.9. The molecule has 1 atom stereocenters. The molecule has 2 aromatic carbocycles. The number of nitrogens with one attached hydrogen (secondary N) is 1. The highest BCUT2D eigenvalue weighted by molar-refractivity contribution is 14.1. The Morgan fingerprint density at radius 2 is 1.88 bits per heavy atom. The van der Waals surface area contributed by atoms with Crippen molar-refractivity contribution in [1.29, 1.82) is 0 Å². The molecule has 2 aromatic rings. The van der Waals surface area contributed by atoms with Crippen LogP contribution >= 0.6 is 22.6 Å². The second kappa shape index (κ2) is 8.82. The van der Waals surface area contributed by atoms with Crippen molar-refractivity contribution in [3.05, 3.63) is 63.2 Å². The number of amides is 1. The maximum Gasteiger partial charge on any atom is 0.306 e. The van der Waals surface area contributed by atoms with Crippen molar-refractivity contribution in [1.82, 2.24) is 0 Å². The van der Waals surface area contributed by atoms with Gasteiger partial charge in [0, 0.05) is 15.2 Å². The summed E-state index contributed by atoms with van der Waals surface area (Å²) in [7, 11) is 0. The van der Waals surface area contributed by atoms with Crippen LogP contribution in [0.25, 0.3) is 0 Å². The van der Waals surface area contributed by atoms with E-state index in [9.17, 15) is 9.59 Å². The van der Waals surface area contributed by atoms with Gasteiger partial charge in [0.1, 0.15) is 6.61 Å². The van der Waals surface area contributed by atoms with Crippen LogP contribution in [-0.2, 0) is 20.9 Å². The largest absolute Gasteiger partial charge is 0.461 e. The average Bonchev–Trinajstić information content (AvgIpc) is 2.57. The lowest BCUT2D eigenvalue weighted by atomic mass is 10.1. The number of halogens is 1. The molecule has 0 saturated heterocycles. The van der Waals surface area contributed by atoms with E-state index in [2.05, 4.69) is 27.9 Å². The Kier molecular flexibility index (Phi) is 6.78. The second-order valence-electron chi connectivity index (χ2n) is 5.70. The zero-order chi connectivity index (χ0) is 17.5. The number of carbonyl (C=O) groups is 2. The van der Waals surface area contributed by atoms with Crippen molar-refractivity contribution in [3.63, 3.8) is 0 Å². The lowest BCUT2D eigenvalue weighted by Gasteiger charge is -2.13. The van der Waals surface area contributed by atoms with Gasteiger partial charge in [0.15, 0.2) is 0 Å². The minimum atomic E-state index is -0.451. The molecule has 1 N–H and O–H groups in total. The molecule has 0 aliphatic carbocycles. The summed E-state index contributed by atoms with van der Waals surface area (Å²) in [5.41, 5.74) is 2.77. The molecule has 2 rings (SSSR count). The molecule has 0 saturated carbocycles. The Bertz CT molecular complexity index is 716. The van der Waals surface area contributed by atoms with Gasteiger partial charge in [0.25, 0.3) is 0 Å². The summed E-state index contributed by atoms with van der Waals surface area (Å²) < 4.78 is 6.36. The molecule has 0 unspecified atom stereocenters. The van der Waals surface area contributed by atoms with Crippen LogP contribution in [0.3, 0.4) is 0 Å². The van der Waals surface area contributed by atoms with Gasteiger partial charge in [-0.25, -0.2) is 0 Å². The van der Waals surface area contributed by atoms with E-state index in [0.717, 1.165) is 20.4 Å². The Labute approximate surface area is 155 Å². The molecule has 0 spiro atoms. The quantitative estimate of drug-likeness (QED) is 0.542. The first-order valence-corrected chi connectivity index (χ1v) is 8.80. The molecule has 0 aliphatic rings. The van der Waals surface area contributed by atoms with Crippen LogP contribution in [0.2, 0.25) is 0 Å². The smallest absolute Gasteiger partial charge is 0.306 e. The number of hydrogen-bond acceptors (Lipinski definition) is 3. The van der Waals surface area contributed by atoms with E-state index in [4.69, 9.17) is 4.74 Å². The molecule has 126 valence electrons. The van der Waals surface area contributed by atoms with E-state index in [1.807, 2.05) is 55.5 Å². The van der Waals surface area contributed by atoms with Gasteiger partial charge >= 0.3 is 5.97 Å². The monoisotopic (exact) mass is 437 g/mol. The molecule has 4 nitrogen and oxygen atoms in total. The van der Waals surface area contributed by atoms with E-state index in [-0.39, 0.29) is 24.9 Å². The number of aryl methyl sites for hydroxylation is 1. The number of benzene rings is 2. The highest BCUT2D eigenvalue weighted by atomic mass is 127. The molecular formula is C19H20INO3. The van der Waals surface area contributed by atoms with Crippen molar-refractivity contribution in [2.75, 3.05) is 5.32 Å². The molecule has 1 amide bonds. The van der Waals surface area contributed by atoms with Crippen LogP contribution in [0.1, 0.15) is 24.5 Å². The summed E-state index contributed by atoms with van der Waals surface area (Å²) in [5.74, 6) is -1.01. The maximum absolute atomic E-state index is 12.2. The normalized spacial score (nSPS) is 11.6. The van der Waals surface area contributed by atoms with Crippen LogP contribution in [-0.4, -0.2) is 11.9 Å². The number of hydrogen-bond donors (Lipinski definition) is 1. The minimum Gasteiger partial charge on any atom is -0.461 e. The van der Waals surface area contributed by atoms with Crippen LogP contribution in [0.15, 0.2) is 48.5 Å². The van der Waals surface area contributed by atoms with Gasteiger partial charge in [-0.2, -0.15) is 0 Å². The molecule has 0 aliphatic heterocycles. The van der Waals surface area contributed by atoms with Crippen molar-refractivity contribution >= 4 is 40.2 Å². The first-order valence-electron chi connectivity index (χ1n) is 7.72. The topological polar surface area (TPSA) is 55.4 Å². The first-order chi connectivity index (χ1) is 11.5. The number of rotatable bonds is 6. The molecule has 0 bridgehead atoms. The predicted molar refractivity (Wildman–Crippen MR) is 103 cm³/mol. The fourth-order valence-corrected chi connectivity index (χ4v) is 2.46. The lowest BCUT2D eigenvalue weighted by molar-refractivity contribution is -0.147. The fourth-order valence-electron chi connectivity index (χ4n) is 2.13. The summed E-state index contributed by atoms with van der Waals surface area (Å²) in [4.78, 5) is 24.1. The zero-order valence-electron chi connectivity index (χ0n) is 13.7. The Morgan fingerprint density at radius 3 is 2.54 bits per heavy atom. The first kappa shape index (κ1) is 18.4. The number of esters is 1. The van der Waals surface area contributed by atoms with E-state index in [1.54, 1.807) is 6.92 Å². The molecule has 24 heavy (non-hydrogen) atoms. The Morgan fingerprint density at radius 1 is 1.17 bits per heavy atom. The van der Waals surface area contributed by atoms with Crippen molar-refractivity contribution < 1.29 is 14.3 Å². The molecule has 0 radical (unpaired) electrons. The number of ether oxygens (including phenoxy) is 1. The summed E-state index contributed by atoms with van der Waals surface area (Å²) in [6, 6.07) is 15.2. The maximum atomic E-state index is 12.2. The SMILES string of the molecule is Cc1cc(NC(=O)[C@H](C)CC(=O)OCc2ccccc2)ccc1I. The van der Waals surface area contributed by atoms with Gasteiger partial charge in [-0.3, -0.25) is 9.59 Å². The molecular weight excluding hydrogens is 417 g/mol. The highest BCUT2D eigenvalue weighted by Gasteiger charge is 2.18. The van der Waals surface area contributed by atoms with E-state index in [1.165, 1.54) is 0 Å². The van der Waals surface area contributed by atoms with Crippen LogP contribution in [0.5, 0.6) is 0 Å². The van der Waals surface area contributed by atoms with Crippen molar-refractivity contribution in [2.24, 2.45) is 5.92 Å². The minimum absolute atomic E-state index is 0.0576. The van der Waals surface area contributed by atoms with Gasteiger partial charge < -0.3 is 10.1 Å². The standard InChI is InChI=1S/C19H20INO3/c1-13-10-16(8-9-17(13)20)21-19(23)14(2)11-18(22)24-12-15-6-4-3-5-7-15/h3-10,14H,11-12H2,1-2H3,(H,21,23)/t14-/m1/s1. The number of carbonyl (C=O) groups excluding carboxylic acids is 2. The van der Waals surface area contributed by atoms with E-state index >= 15 is 0 Å². The number of anilines is 1. The summed E-state index contributed by atoms with van der Waals surface area (Å²) in [6.45, 7) is 3.94. The highest BCUT2D eigenvalue weighted by Crippen LogP contribution is 2.18. The average molecular weight is 437 g/mol. The third kappa shape index (κ3) is 5.63.